The molecule has 0 saturated carbocycles. The summed E-state index contributed by atoms with van der Waals surface area (Å²) in [5, 5.41) is 17.0. The van der Waals surface area contributed by atoms with Crippen molar-refractivity contribution in [2.75, 3.05) is 19.8 Å². The standard InChI is InChI=1S/C13H20N4O4/c14-11(12(18)19)5-9-7-17(16-15-9)10-1-3-21-13(6-10)2-4-20-8-13/h7,10-11H,1-6,8,14H2,(H,18,19). The van der Waals surface area contributed by atoms with Gasteiger partial charge in [-0.3, -0.25) is 4.79 Å². The molecule has 0 aromatic carbocycles. The fourth-order valence-electron chi connectivity index (χ4n) is 2.99. The van der Waals surface area contributed by atoms with Gasteiger partial charge in [0, 0.05) is 38.7 Å². The molecule has 0 aliphatic carbocycles. The van der Waals surface area contributed by atoms with E-state index in [1.807, 2.05) is 4.68 Å². The van der Waals surface area contributed by atoms with Crippen molar-refractivity contribution >= 4 is 5.97 Å². The summed E-state index contributed by atoms with van der Waals surface area (Å²) in [7, 11) is 0. The molecule has 3 heterocycles. The van der Waals surface area contributed by atoms with Gasteiger partial charge >= 0.3 is 5.97 Å². The summed E-state index contributed by atoms with van der Waals surface area (Å²) in [6.45, 7) is 2.05. The molecule has 8 heteroatoms. The molecule has 0 radical (unpaired) electrons. The summed E-state index contributed by atoms with van der Waals surface area (Å²) in [6, 6.07) is -0.734. The molecule has 1 spiro atoms. The number of carboxylic acid groups (broad SMARTS) is 1. The molecular weight excluding hydrogens is 276 g/mol. The van der Waals surface area contributed by atoms with E-state index in [1.54, 1.807) is 6.20 Å². The fraction of sp³-hybridized carbons (Fsp3) is 0.769. The molecule has 2 saturated heterocycles. The number of ether oxygens (including phenoxy) is 2. The van der Waals surface area contributed by atoms with E-state index in [0.717, 1.165) is 25.9 Å². The Labute approximate surface area is 122 Å². The van der Waals surface area contributed by atoms with Crippen molar-refractivity contribution in [3.8, 4) is 0 Å². The van der Waals surface area contributed by atoms with Crippen molar-refractivity contribution in [1.82, 2.24) is 15.0 Å². The second-order valence-electron chi connectivity index (χ2n) is 5.82. The van der Waals surface area contributed by atoms with Gasteiger partial charge in [0.15, 0.2) is 0 Å². The highest BCUT2D eigenvalue weighted by atomic mass is 16.6. The Hall–Kier alpha value is -1.51. The van der Waals surface area contributed by atoms with Gasteiger partial charge < -0.3 is 20.3 Å². The van der Waals surface area contributed by atoms with Crippen LogP contribution in [-0.2, 0) is 20.7 Å². The maximum atomic E-state index is 10.8. The minimum atomic E-state index is -1.03. The number of carbonyl (C=O) groups is 1. The fourth-order valence-corrected chi connectivity index (χ4v) is 2.99. The van der Waals surface area contributed by atoms with Crippen LogP contribution in [0.5, 0.6) is 0 Å². The van der Waals surface area contributed by atoms with Gasteiger partial charge in [-0.05, 0) is 6.42 Å². The molecular formula is C13H20N4O4. The zero-order valence-electron chi connectivity index (χ0n) is 11.8. The first-order valence-corrected chi connectivity index (χ1v) is 7.19. The third kappa shape index (κ3) is 3.07. The predicted molar refractivity (Wildman–Crippen MR) is 71.7 cm³/mol. The first-order valence-electron chi connectivity index (χ1n) is 7.19. The molecule has 2 aliphatic heterocycles. The lowest BCUT2D eigenvalue weighted by atomic mass is 9.90. The van der Waals surface area contributed by atoms with E-state index >= 15 is 0 Å². The van der Waals surface area contributed by atoms with Crippen molar-refractivity contribution in [1.29, 1.82) is 0 Å². The largest absolute Gasteiger partial charge is 0.480 e. The lowest BCUT2D eigenvalue weighted by Gasteiger charge is -2.36. The molecule has 8 nitrogen and oxygen atoms in total. The first-order chi connectivity index (χ1) is 10.1. The van der Waals surface area contributed by atoms with E-state index in [2.05, 4.69) is 10.3 Å². The highest BCUT2D eigenvalue weighted by Crippen LogP contribution is 2.37. The lowest BCUT2D eigenvalue weighted by molar-refractivity contribution is -0.138. The molecule has 3 unspecified atom stereocenters. The Balaban J connectivity index is 1.66. The zero-order valence-corrected chi connectivity index (χ0v) is 11.8. The van der Waals surface area contributed by atoms with Crippen LogP contribution in [0.1, 0.15) is 31.0 Å². The van der Waals surface area contributed by atoms with Crippen molar-refractivity contribution in [3.05, 3.63) is 11.9 Å². The molecule has 3 N–H and O–H groups in total. The van der Waals surface area contributed by atoms with Crippen LogP contribution in [0, 0.1) is 0 Å². The Kier molecular flexibility index (Phi) is 3.92. The number of hydrogen-bond donors (Lipinski definition) is 2. The smallest absolute Gasteiger partial charge is 0.320 e. The normalized spacial score (nSPS) is 30.6. The summed E-state index contributed by atoms with van der Waals surface area (Å²) in [4.78, 5) is 10.8. The van der Waals surface area contributed by atoms with Crippen LogP contribution < -0.4 is 5.73 Å². The van der Waals surface area contributed by atoms with Crippen molar-refractivity contribution in [2.45, 2.75) is 43.4 Å². The predicted octanol–water partition coefficient (Wildman–Crippen LogP) is -0.257. The number of nitrogens with two attached hydrogens (primary N) is 1. The Morgan fingerprint density at radius 3 is 3.19 bits per heavy atom. The van der Waals surface area contributed by atoms with E-state index in [4.69, 9.17) is 20.3 Å². The molecule has 3 rings (SSSR count). The van der Waals surface area contributed by atoms with Crippen LogP contribution in [0.15, 0.2) is 6.20 Å². The van der Waals surface area contributed by atoms with E-state index in [-0.39, 0.29) is 18.1 Å². The second kappa shape index (κ2) is 5.70. The average molecular weight is 296 g/mol. The topological polar surface area (TPSA) is 112 Å². The Morgan fingerprint density at radius 1 is 1.62 bits per heavy atom. The summed E-state index contributed by atoms with van der Waals surface area (Å²) >= 11 is 0. The van der Waals surface area contributed by atoms with Crippen LogP contribution in [-0.4, -0.2) is 57.5 Å². The highest BCUT2D eigenvalue weighted by molar-refractivity contribution is 5.73. The van der Waals surface area contributed by atoms with Gasteiger partial charge in [0.25, 0.3) is 0 Å². The number of nitrogens with zero attached hydrogens (tertiary/aromatic N) is 3. The summed E-state index contributed by atoms with van der Waals surface area (Å²) in [6.07, 6.45) is 4.61. The molecule has 0 bridgehead atoms. The number of aliphatic carboxylic acids is 1. The summed E-state index contributed by atoms with van der Waals surface area (Å²) in [5.41, 5.74) is 5.93. The van der Waals surface area contributed by atoms with E-state index in [1.165, 1.54) is 0 Å². The number of rotatable bonds is 4. The first kappa shape index (κ1) is 14.4. The molecule has 1 aromatic rings. The lowest BCUT2D eigenvalue weighted by Crippen LogP contribution is -2.41. The Bertz CT molecular complexity index is 512. The van der Waals surface area contributed by atoms with Crippen LogP contribution >= 0.6 is 0 Å². The van der Waals surface area contributed by atoms with Crippen LogP contribution in [0.3, 0.4) is 0 Å². The minimum Gasteiger partial charge on any atom is -0.480 e. The molecule has 1 aromatic heterocycles. The van der Waals surface area contributed by atoms with Crippen LogP contribution in [0.25, 0.3) is 0 Å². The molecule has 3 atom stereocenters. The maximum Gasteiger partial charge on any atom is 0.320 e. The van der Waals surface area contributed by atoms with Crippen LogP contribution in [0.4, 0.5) is 0 Å². The molecule has 2 fully saturated rings. The monoisotopic (exact) mass is 296 g/mol. The molecule has 21 heavy (non-hydrogen) atoms. The van der Waals surface area contributed by atoms with Crippen molar-refractivity contribution < 1.29 is 19.4 Å². The zero-order chi connectivity index (χ0) is 14.9. The van der Waals surface area contributed by atoms with Gasteiger partial charge in [-0.2, -0.15) is 0 Å². The van der Waals surface area contributed by atoms with Gasteiger partial charge in [0.1, 0.15) is 6.04 Å². The maximum absolute atomic E-state index is 10.8. The molecule has 2 aliphatic rings. The summed E-state index contributed by atoms with van der Waals surface area (Å²) in [5.74, 6) is -1.03. The van der Waals surface area contributed by atoms with Crippen molar-refractivity contribution in [3.63, 3.8) is 0 Å². The molecule has 116 valence electrons. The number of hydrogen-bond acceptors (Lipinski definition) is 6. The third-order valence-corrected chi connectivity index (χ3v) is 4.21. The van der Waals surface area contributed by atoms with Gasteiger partial charge in [0.05, 0.1) is 23.9 Å². The third-order valence-electron chi connectivity index (χ3n) is 4.21. The van der Waals surface area contributed by atoms with Gasteiger partial charge in [0.2, 0.25) is 0 Å². The number of aromatic nitrogens is 3. The van der Waals surface area contributed by atoms with E-state index < -0.39 is 12.0 Å². The Morgan fingerprint density at radius 2 is 2.48 bits per heavy atom. The van der Waals surface area contributed by atoms with Crippen LogP contribution in [0.2, 0.25) is 0 Å². The quantitative estimate of drug-likeness (QED) is 0.787. The highest BCUT2D eigenvalue weighted by Gasteiger charge is 2.41. The SMILES string of the molecule is NC(Cc1cn(C2CCOC3(CCOC3)C2)nn1)C(=O)O. The second-order valence-corrected chi connectivity index (χ2v) is 5.82. The van der Waals surface area contributed by atoms with Gasteiger partial charge in [-0.15, -0.1) is 5.10 Å². The minimum absolute atomic E-state index is 0.187. The van der Waals surface area contributed by atoms with E-state index in [9.17, 15) is 4.79 Å². The van der Waals surface area contributed by atoms with Gasteiger partial charge in [-0.1, -0.05) is 5.21 Å². The molecule has 0 amide bonds. The average Bonchev–Trinajstić information content (AvgIpc) is 3.09. The summed E-state index contributed by atoms with van der Waals surface area (Å²) < 4.78 is 13.2. The van der Waals surface area contributed by atoms with Gasteiger partial charge in [-0.25, -0.2) is 4.68 Å². The number of carboxylic acids is 1. The van der Waals surface area contributed by atoms with Crippen molar-refractivity contribution in [2.24, 2.45) is 5.73 Å². The van der Waals surface area contributed by atoms with E-state index in [0.29, 0.717) is 18.9 Å².